The molecule has 3 aromatic heterocycles. The van der Waals surface area contributed by atoms with Gasteiger partial charge in [0.15, 0.2) is 0 Å². The number of nitrogens with zero attached hydrogens (tertiary/aromatic N) is 4. The Hall–Kier alpha value is -2.80. The zero-order valence-corrected chi connectivity index (χ0v) is 13.9. The maximum absolute atomic E-state index is 13.0. The van der Waals surface area contributed by atoms with Gasteiger partial charge in [-0.15, -0.1) is 0 Å². The molecule has 4 heterocycles. The molecule has 1 aliphatic heterocycles. The molecule has 1 fully saturated rings. The molecule has 7 heteroatoms. The number of aromatic nitrogens is 4. The number of carbonyl (C=O) groups excluding carboxylic acids is 1. The molecule has 0 spiro atoms. The molecule has 128 valence electrons. The Kier molecular flexibility index (Phi) is 4.15. The van der Waals surface area contributed by atoms with Gasteiger partial charge in [-0.1, -0.05) is 0 Å². The van der Waals surface area contributed by atoms with Crippen LogP contribution in [0.2, 0.25) is 0 Å². The molecule has 1 N–H and O–H groups in total. The third-order valence-electron chi connectivity index (χ3n) is 4.61. The van der Waals surface area contributed by atoms with Gasteiger partial charge in [0.05, 0.1) is 22.8 Å². The summed E-state index contributed by atoms with van der Waals surface area (Å²) in [4.78, 5) is 21.4. The van der Waals surface area contributed by atoms with Gasteiger partial charge in [0, 0.05) is 43.8 Å². The molecule has 4 rings (SSSR count). The lowest BCUT2D eigenvalue weighted by atomic mass is 9.91. The van der Waals surface area contributed by atoms with Gasteiger partial charge in [-0.25, -0.2) is 0 Å². The van der Waals surface area contributed by atoms with E-state index in [-0.39, 0.29) is 17.9 Å². The molecule has 1 aliphatic rings. The Morgan fingerprint density at radius 1 is 1.28 bits per heavy atom. The molecule has 0 radical (unpaired) electrons. The number of hydrogen-bond donors (Lipinski definition) is 1. The minimum absolute atomic E-state index is 0.0535. The van der Waals surface area contributed by atoms with E-state index in [2.05, 4.69) is 20.4 Å². The van der Waals surface area contributed by atoms with Crippen LogP contribution in [0.4, 0.5) is 5.69 Å². The Morgan fingerprint density at radius 3 is 3.04 bits per heavy atom. The molecule has 2 atom stereocenters. The Bertz CT molecular complexity index is 902. The Balaban J connectivity index is 1.61. The van der Waals surface area contributed by atoms with Crippen LogP contribution >= 0.6 is 0 Å². The van der Waals surface area contributed by atoms with Gasteiger partial charge in [-0.05, 0) is 31.0 Å². The third kappa shape index (κ3) is 2.98. The van der Waals surface area contributed by atoms with Gasteiger partial charge >= 0.3 is 0 Å². The number of aryl methyl sites for hydroxylation is 1. The average Bonchev–Trinajstić information content (AvgIpc) is 3.08. The van der Waals surface area contributed by atoms with Crippen LogP contribution in [0, 0.1) is 5.92 Å². The van der Waals surface area contributed by atoms with Gasteiger partial charge < -0.3 is 10.1 Å². The fourth-order valence-corrected chi connectivity index (χ4v) is 3.33. The topological polar surface area (TPSA) is 81.9 Å². The molecule has 0 aromatic carbocycles. The predicted octanol–water partition coefficient (Wildman–Crippen LogP) is 2.47. The monoisotopic (exact) mass is 337 g/mol. The summed E-state index contributed by atoms with van der Waals surface area (Å²) in [5, 5.41) is 8.06. The molecule has 0 bridgehead atoms. The van der Waals surface area contributed by atoms with Crippen molar-refractivity contribution in [3.05, 3.63) is 48.7 Å². The number of rotatable bonds is 3. The van der Waals surface area contributed by atoms with E-state index in [1.165, 1.54) is 0 Å². The van der Waals surface area contributed by atoms with Crippen molar-refractivity contribution in [3.63, 3.8) is 0 Å². The lowest BCUT2D eigenvalue weighted by molar-refractivity contribution is -0.129. The van der Waals surface area contributed by atoms with Crippen LogP contribution in [-0.2, 0) is 16.6 Å². The highest BCUT2D eigenvalue weighted by Crippen LogP contribution is 2.34. The van der Waals surface area contributed by atoms with Crippen molar-refractivity contribution < 1.29 is 9.53 Å². The molecule has 1 amide bonds. The lowest BCUT2D eigenvalue weighted by Gasteiger charge is -2.31. The number of pyridine rings is 2. The molecule has 7 nitrogen and oxygen atoms in total. The summed E-state index contributed by atoms with van der Waals surface area (Å²) in [6.07, 6.45) is 8.18. The number of ether oxygens (including phenoxy) is 1. The van der Waals surface area contributed by atoms with Gasteiger partial charge in [0.2, 0.25) is 5.91 Å². The van der Waals surface area contributed by atoms with E-state index in [0.717, 1.165) is 35.1 Å². The lowest BCUT2D eigenvalue weighted by Crippen LogP contribution is -2.34. The number of nitrogens with one attached hydrogen (secondary N) is 1. The molecule has 0 unspecified atom stereocenters. The Labute approximate surface area is 145 Å². The van der Waals surface area contributed by atoms with E-state index in [1.54, 1.807) is 35.5 Å². The van der Waals surface area contributed by atoms with E-state index < -0.39 is 0 Å². The van der Waals surface area contributed by atoms with Gasteiger partial charge in [0.25, 0.3) is 0 Å². The average molecular weight is 337 g/mol. The summed E-state index contributed by atoms with van der Waals surface area (Å²) in [5.41, 5.74) is 2.44. The largest absolute Gasteiger partial charge is 0.371 e. The summed E-state index contributed by atoms with van der Waals surface area (Å²) >= 11 is 0. The van der Waals surface area contributed by atoms with Crippen LogP contribution in [0.15, 0.2) is 43.0 Å². The number of fused-ring (bicyclic) bond motifs is 1. The zero-order valence-electron chi connectivity index (χ0n) is 13.9. The number of amides is 1. The molecule has 1 saturated heterocycles. The number of anilines is 1. The molecule has 0 saturated carbocycles. The van der Waals surface area contributed by atoms with E-state index in [1.807, 2.05) is 19.2 Å². The molecule has 3 aromatic rings. The van der Waals surface area contributed by atoms with Crippen molar-refractivity contribution in [2.45, 2.75) is 18.9 Å². The smallest absolute Gasteiger partial charge is 0.230 e. The van der Waals surface area contributed by atoms with Crippen molar-refractivity contribution in [3.8, 4) is 0 Å². The second-order valence-corrected chi connectivity index (χ2v) is 6.16. The van der Waals surface area contributed by atoms with Crippen molar-refractivity contribution in [1.29, 1.82) is 0 Å². The first-order valence-corrected chi connectivity index (χ1v) is 8.33. The second-order valence-electron chi connectivity index (χ2n) is 6.16. The SMILES string of the molecule is Cn1nccc1[C@@H]1OCCC[C@H]1C(=O)Nc1ccnc2ccncc12. The molecule has 0 aliphatic carbocycles. The summed E-state index contributed by atoms with van der Waals surface area (Å²) in [5.74, 6) is -0.314. The Morgan fingerprint density at radius 2 is 2.20 bits per heavy atom. The first-order chi connectivity index (χ1) is 12.2. The fraction of sp³-hybridized carbons (Fsp3) is 0.333. The summed E-state index contributed by atoms with van der Waals surface area (Å²) in [6.45, 7) is 0.654. The number of hydrogen-bond acceptors (Lipinski definition) is 5. The fourth-order valence-electron chi connectivity index (χ4n) is 3.33. The summed E-state index contributed by atoms with van der Waals surface area (Å²) in [6, 6.07) is 5.53. The van der Waals surface area contributed by atoms with E-state index in [0.29, 0.717) is 6.61 Å². The molecule has 25 heavy (non-hydrogen) atoms. The van der Waals surface area contributed by atoms with Crippen LogP contribution in [-0.4, -0.2) is 32.3 Å². The van der Waals surface area contributed by atoms with Crippen molar-refractivity contribution in [1.82, 2.24) is 19.7 Å². The minimum Gasteiger partial charge on any atom is -0.371 e. The summed E-state index contributed by atoms with van der Waals surface area (Å²) < 4.78 is 7.68. The predicted molar refractivity (Wildman–Crippen MR) is 92.8 cm³/mol. The van der Waals surface area contributed by atoms with Crippen LogP contribution in [0.1, 0.15) is 24.6 Å². The van der Waals surface area contributed by atoms with Gasteiger partial charge in [-0.3, -0.25) is 19.4 Å². The highest BCUT2D eigenvalue weighted by Gasteiger charge is 2.34. The molecular weight excluding hydrogens is 318 g/mol. The second kappa shape index (κ2) is 6.60. The first-order valence-electron chi connectivity index (χ1n) is 8.33. The van der Waals surface area contributed by atoms with Crippen LogP contribution in [0.25, 0.3) is 10.9 Å². The maximum Gasteiger partial charge on any atom is 0.230 e. The van der Waals surface area contributed by atoms with E-state index in [4.69, 9.17) is 4.74 Å². The first kappa shape index (κ1) is 15.7. The number of carbonyl (C=O) groups is 1. The summed E-state index contributed by atoms with van der Waals surface area (Å²) in [7, 11) is 1.87. The standard InChI is InChI=1S/C18H19N5O2/c1-23-16(6-9-21-23)17-12(3-2-10-25-17)18(24)22-15-5-8-20-14-4-7-19-11-13(14)15/h4-9,11-12,17H,2-3,10H2,1H3,(H,20,22,24)/t12-,17-/m1/s1. The van der Waals surface area contributed by atoms with Crippen LogP contribution in [0.5, 0.6) is 0 Å². The van der Waals surface area contributed by atoms with Crippen molar-refractivity contribution in [2.24, 2.45) is 13.0 Å². The quantitative estimate of drug-likeness (QED) is 0.794. The van der Waals surface area contributed by atoms with Crippen LogP contribution < -0.4 is 5.32 Å². The van der Waals surface area contributed by atoms with Crippen molar-refractivity contribution in [2.75, 3.05) is 11.9 Å². The zero-order chi connectivity index (χ0) is 17.2. The molecular formula is C18H19N5O2. The van der Waals surface area contributed by atoms with Crippen LogP contribution in [0.3, 0.4) is 0 Å². The van der Waals surface area contributed by atoms with E-state index >= 15 is 0 Å². The minimum atomic E-state index is -0.285. The van der Waals surface area contributed by atoms with Crippen molar-refractivity contribution >= 4 is 22.5 Å². The maximum atomic E-state index is 13.0. The van der Waals surface area contributed by atoms with Gasteiger partial charge in [-0.2, -0.15) is 5.10 Å². The normalized spacial score (nSPS) is 20.5. The van der Waals surface area contributed by atoms with Gasteiger partial charge in [0.1, 0.15) is 6.10 Å². The third-order valence-corrected chi connectivity index (χ3v) is 4.61. The highest BCUT2D eigenvalue weighted by molar-refractivity contribution is 6.01. The highest BCUT2D eigenvalue weighted by atomic mass is 16.5. The van der Waals surface area contributed by atoms with E-state index in [9.17, 15) is 4.79 Å².